The van der Waals surface area contributed by atoms with E-state index in [1.54, 1.807) is 0 Å². The molecule has 1 fully saturated rings. The van der Waals surface area contributed by atoms with Crippen molar-refractivity contribution in [1.29, 1.82) is 0 Å². The van der Waals surface area contributed by atoms with Crippen LogP contribution in [0.3, 0.4) is 0 Å². The second kappa shape index (κ2) is 16.0. The Morgan fingerprint density at radius 1 is 1.00 bits per heavy atom. The Balaban J connectivity index is 0.000000472. The summed E-state index contributed by atoms with van der Waals surface area (Å²) >= 11 is 0. The van der Waals surface area contributed by atoms with E-state index in [9.17, 15) is 19.5 Å². The van der Waals surface area contributed by atoms with E-state index in [0.29, 0.717) is 19.7 Å². The molecular weight excluding hydrogens is 508 g/mol. The maximum absolute atomic E-state index is 13.2. The third-order valence-electron chi connectivity index (χ3n) is 7.17. The lowest BCUT2D eigenvalue weighted by Gasteiger charge is -2.32. The Labute approximate surface area is 237 Å². The van der Waals surface area contributed by atoms with E-state index >= 15 is 0 Å². The number of likely N-dealkylation sites (N-methyl/N-ethyl adjacent to an activating group) is 1. The normalized spacial score (nSPS) is 22.2. The minimum absolute atomic E-state index is 0.200. The van der Waals surface area contributed by atoms with Crippen molar-refractivity contribution in [3.8, 4) is 5.75 Å². The lowest BCUT2D eigenvalue weighted by Crippen LogP contribution is -2.58. The topological polar surface area (TPSA) is 120 Å². The number of benzene rings is 2. The summed E-state index contributed by atoms with van der Waals surface area (Å²) in [6, 6.07) is 16.7. The first kappa shape index (κ1) is 31.1. The van der Waals surface area contributed by atoms with Crippen LogP contribution in [0.4, 0.5) is 0 Å². The molecule has 0 saturated heterocycles. The zero-order chi connectivity index (χ0) is 28.9. The zero-order valence-electron chi connectivity index (χ0n) is 23.9. The summed E-state index contributed by atoms with van der Waals surface area (Å²) in [5, 5.41) is 18.8. The molecule has 3 unspecified atom stereocenters. The molecule has 1 aliphatic heterocycles. The number of para-hydroxylation sites is 1. The molecule has 0 spiro atoms. The standard InChI is InChI=1S/C23H34N4O5.C8H10/c1-15(28)21-22(30)26-14-19(29)24-11-5-7-16-6-3-4-8-18(16)32-13-12-25-20(17-9-10-17)23(31)27(21)2;1-2-8-6-4-3-5-7-8/h3-4,6,8,15,17,20-21,25,28H,5,7,9-14H2,1-2H3,(H,24,29)(H,26,30);3-7H,2H2,1H3. The van der Waals surface area contributed by atoms with Crippen LogP contribution in [0.2, 0.25) is 0 Å². The SMILES string of the molecule is CC(O)C1C(=O)NCC(=O)NCCCc2ccccc2OCCNC(C2CC2)C(=O)N1C.CCc1ccccc1. The van der Waals surface area contributed by atoms with E-state index in [2.05, 4.69) is 47.1 Å². The highest BCUT2D eigenvalue weighted by atomic mass is 16.5. The number of fused-ring (bicyclic) bond motifs is 1. The van der Waals surface area contributed by atoms with Gasteiger partial charge < -0.3 is 30.7 Å². The predicted molar refractivity (Wildman–Crippen MR) is 155 cm³/mol. The average Bonchev–Trinajstić information content (AvgIpc) is 3.80. The van der Waals surface area contributed by atoms with Crippen molar-refractivity contribution in [2.75, 3.05) is 33.3 Å². The fourth-order valence-corrected chi connectivity index (χ4v) is 4.74. The van der Waals surface area contributed by atoms with Gasteiger partial charge in [0.1, 0.15) is 18.4 Å². The number of carbonyl (C=O) groups is 3. The predicted octanol–water partition coefficient (Wildman–Crippen LogP) is 2.07. The number of amides is 3. The lowest BCUT2D eigenvalue weighted by molar-refractivity contribution is -0.144. The molecule has 2 aromatic carbocycles. The molecule has 3 atom stereocenters. The molecule has 4 rings (SSSR count). The van der Waals surface area contributed by atoms with Gasteiger partial charge in [-0.25, -0.2) is 0 Å². The highest BCUT2D eigenvalue weighted by Crippen LogP contribution is 2.33. The fourth-order valence-electron chi connectivity index (χ4n) is 4.74. The minimum Gasteiger partial charge on any atom is -0.492 e. The summed E-state index contributed by atoms with van der Waals surface area (Å²) in [5.74, 6) is -0.126. The van der Waals surface area contributed by atoms with Crippen LogP contribution in [0.1, 0.15) is 44.2 Å². The third kappa shape index (κ3) is 9.64. The van der Waals surface area contributed by atoms with Crippen LogP contribution < -0.4 is 20.7 Å². The Bertz CT molecular complexity index is 1090. The maximum Gasteiger partial charge on any atom is 0.245 e. The fraction of sp³-hybridized carbons (Fsp3) is 0.516. The van der Waals surface area contributed by atoms with E-state index in [-0.39, 0.29) is 24.3 Å². The van der Waals surface area contributed by atoms with Gasteiger partial charge in [-0.3, -0.25) is 14.4 Å². The number of hydrogen-bond donors (Lipinski definition) is 4. The highest BCUT2D eigenvalue weighted by Gasteiger charge is 2.41. The Morgan fingerprint density at radius 3 is 2.35 bits per heavy atom. The van der Waals surface area contributed by atoms with Crippen LogP contribution in [0.5, 0.6) is 5.75 Å². The van der Waals surface area contributed by atoms with Gasteiger partial charge in [-0.2, -0.15) is 0 Å². The minimum atomic E-state index is -1.09. The number of nitrogens with one attached hydrogen (secondary N) is 3. The Morgan fingerprint density at radius 2 is 1.70 bits per heavy atom. The van der Waals surface area contributed by atoms with Gasteiger partial charge in [0.2, 0.25) is 17.7 Å². The molecule has 1 heterocycles. The number of rotatable bonds is 3. The molecule has 3 amide bonds. The number of aliphatic hydroxyl groups is 1. The molecule has 2 aliphatic rings. The first-order chi connectivity index (χ1) is 19.3. The smallest absolute Gasteiger partial charge is 0.245 e. The van der Waals surface area contributed by atoms with Crippen molar-refractivity contribution in [3.05, 3.63) is 65.7 Å². The van der Waals surface area contributed by atoms with Crippen LogP contribution in [0.25, 0.3) is 0 Å². The second-order valence-electron chi connectivity index (χ2n) is 10.4. The van der Waals surface area contributed by atoms with Gasteiger partial charge in [-0.05, 0) is 62.1 Å². The first-order valence-electron chi connectivity index (χ1n) is 14.3. The van der Waals surface area contributed by atoms with Crippen LogP contribution in [0, 0.1) is 5.92 Å². The summed E-state index contributed by atoms with van der Waals surface area (Å²) in [5.41, 5.74) is 2.47. The van der Waals surface area contributed by atoms with Crippen molar-refractivity contribution < 1.29 is 24.2 Å². The maximum atomic E-state index is 13.2. The van der Waals surface area contributed by atoms with Gasteiger partial charge in [0, 0.05) is 20.1 Å². The summed E-state index contributed by atoms with van der Waals surface area (Å²) in [4.78, 5) is 39.3. The number of carbonyl (C=O) groups excluding carboxylic acids is 3. The van der Waals surface area contributed by atoms with Crippen LogP contribution in [-0.4, -0.2) is 79.2 Å². The van der Waals surface area contributed by atoms with Crippen LogP contribution >= 0.6 is 0 Å². The number of ether oxygens (including phenoxy) is 1. The van der Waals surface area contributed by atoms with E-state index in [0.717, 1.165) is 43.4 Å². The van der Waals surface area contributed by atoms with Crippen molar-refractivity contribution in [3.63, 3.8) is 0 Å². The van der Waals surface area contributed by atoms with Crippen molar-refractivity contribution >= 4 is 17.7 Å². The quantitative estimate of drug-likeness (QED) is 0.463. The zero-order valence-corrected chi connectivity index (χ0v) is 23.9. The number of hydrogen-bond acceptors (Lipinski definition) is 6. The molecule has 40 heavy (non-hydrogen) atoms. The van der Waals surface area contributed by atoms with E-state index in [1.165, 1.54) is 24.4 Å². The van der Waals surface area contributed by atoms with Crippen molar-refractivity contribution in [2.45, 2.75) is 64.1 Å². The number of aliphatic hydroxyl groups excluding tert-OH is 1. The van der Waals surface area contributed by atoms with Gasteiger partial charge in [0.05, 0.1) is 18.7 Å². The summed E-state index contributed by atoms with van der Waals surface area (Å²) < 4.78 is 5.96. The second-order valence-corrected chi connectivity index (χ2v) is 10.4. The first-order valence-corrected chi connectivity index (χ1v) is 14.3. The Kier molecular flexibility index (Phi) is 12.4. The average molecular weight is 553 g/mol. The lowest BCUT2D eigenvalue weighted by atomic mass is 10.1. The van der Waals surface area contributed by atoms with E-state index in [1.807, 2.05) is 30.3 Å². The summed E-state index contributed by atoms with van der Waals surface area (Å²) in [6.45, 7) is 4.76. The number of aryl methyl sites for hydroxylation is 2. The van der Waals surface area contributed by atoms with Gasteiger partial charge in [-0.15, -0.1) is 0 Å². The van der Waals surface area contributed by atoms with Crippen LogP contribution in [0.15, 0.2) is 54.6 Å². The molecule has 4 N–H and O–H groups in total. The van der Waals surface area contributed by atoms with Crippen molar-refractivity contribution in [2.24, 2.45) is 5.92 Å². The third-order valence-corrected chi connectivity index (χ3v) is 7.17. The van der Waals surface area contributed by atoms with Gasteiger partial charge in [-0.1, -0.05) is 55.5 Å². The largest absolute Gasteiger partial charge is 0.492 e. The van der Waals surface area contributed by atoms with Gasteiger partial charge >= 0.3 is 0 Å². The summed E-state index contributed by atoms with van der Waals surface area (Å²) in [6.07, 6.45) is 3.40. The monoisotopic (exact) mass is 552 g/mol. The van der Waals surface area contributed by atoms with Gasteiger partial charge in [0.25, 0.3) is 0 Å². The van der Waals surface area contributed by atoms with Crippen molar-refractivity contribution in [1.82, 2.24) is 20.9 Å². The Hall–Kier alpha value is -3.43. The van der Waals surface area contributed by atoms with Crippen LogP contribution in [-0.2, 0) is 27.2 Å². The molecule has 9 nitrogen and oxygen atoms in total. The molecule has 9 heteroatoms. The molecule has 0 aromatic heterocycles. The molecule has 1 aliphatic carbocycles. The molecular formula is C31H44N4O5. The van der Waals surface area contributed by atoms with Gasteiger partial charge in [0.15, 0.2) is 0 Å². The highest BCUT2D eigenvalue weighted by molar-refractivity contribution is 5.92. The molecule has 0 bridgehead atoms. The molecule has 2 aromatic rings. The van der Waals surface area contributed by atoms with E-state index < -0.39 is 24.1 Å². The molecule has 218 valence electrons. The molecule has 0 radical (unpaired) electrons. The molecule has 1 saturated carbocycles. The number of nitrogens with zero attached hydrogens (tertiary/aromatic N) is 1. The summed E-state index contributed by atoms with van der Waals surface area (Å²) in [7, 11) is 1.52. The van der Waals surface area contributed by atoms with E-state index in [4.69, 9.17) is 4.74 Å².